The van der Waals surface area contributed by atoms with Gasteiger partial charge in [0.05, 0.1) is 24.7 Å². The van der Waals surface area contributed by atoms with Crippen molar-refractivity contribution in [1.82, 2.24) is 19.5 Å². The van der Waals surface area contributed by atoms with E-state index in [4.69, 9.17) is 24.0 Å². The van der Waals surface area contributed by atoms with Gasteiger partial charge < -0.3 is 25.3 Å². The Bertz CT molecular complexity index is 1360. The molecule has 0 spiro atoms. The minimum absolute atomic E-state index is 0.111. The molecule has 0 aromatic carbocycles. The Hall–Kier alpha value is -2.16. The van der Waals surface area contributed by atoms with Crippen molar-refractivity contribution in [2.24, 2.45) is 0 Å². The van der Waals surface area contributed by atoms with Gasteiger partial charge >= 0.3 is 7.82 Å². The Kier molecular flexibility index (Phi) is 6.34. The van der Waals surface area contributed by atoms with Crippen molar-refractivity contribution in [2.75, 3.05) is 18.9 Å². The van der Waals surface area contributed by atoms with Gasteiger partial charge in [-0.2, -0.15) is 4.98 Å². The molecule has 2 aliphatic rings. The zero-order chi connectivity index (χ0) is 25.0. The van der Waals surface area contributed by atoms with Gasteiger partial charge in [-0.05, 0) is 35.0 Å². The average Bonchev–Trinajstić information content (AvgIpc) is 3.31. The van der Waals surface area contributed by atoms with Gasteiger partial charge in [0.2, 0.25) is 5.95 Å². The summed E-state index contributed by atoms with van der Waals surface area (Å²) in [5.41, 5.74) is 4.27. The predicted octanol–water partition coefficient (Wildman–Crippen LogP) is 1.78. The quantitative estimate of drug-likeness (QED) is 0.327. The molecule has 2 aliphatic heterocycles. The lowest BCUT2D eigenvalue weighted by Gasteiger charge is -2.30. The van der Waals surface area contributed by atoms with Crippen LogP contribution in [0.25, 0.3) is 11.0 Å². The second-order valence-corrected chi connectivity index (χ2v) is 11.0. The molecule has 2 fully saturated rings. The highest BCUT2D eigenvalue weighted by molar-refractivity contribution is 9.10. The van der Waals surface area contributed by atoms with Gasteiger partial charge in [-0.3, -0.25) is 28.3 Å². The molecule has 0 amide bonds. The number of hydrogen-bond donors (Lipinski definition) is 4. The fraction of sp³-hybridized carbons (Fsp3) is 0.450. The third-order valence-corrected chi connectivity index (χ3v) is 7.90. The van der Waals surface area contributed by atoms with Crippen LogP contribution in [0.2, 0.25) is 0 Å². The van der Waals surface area contributed by atoms with E-state index < -0.39 is 50.1 Å². The molecular formula is C20H23BrN5O8P. The Morgan fingerprint density at radius 1 is 1.46 bits per heavy atom. The van der Waals surface area contributed by atoms with E-state index in [0.717, 1.165) is 4.47 Å². The summed E-state index contributed by atoms with van der Waals surface area (Å²) in [5, 5.41) is 22.0. The highest BCUT2D eigenvalue weighted by atomic mass is 79.9. The molecule has 0 aliphatic carbocycles. The van der Waals surface area contributed by atoms with Gasteiger partial charge in [0.1, 0.15) is 17.8 Å². The lowest BCUT2D eigenvalue weighted by Crippen LogP contribution is -2.44. The number of halogens is 1. The average molecular weight is 572 g/mol. The van der Waals surface area contributed by atoms with Crippen molar-refractivity contribution in [2.45, 2.75) is 43.5 Å². The number of nitrogens with two attached hydrogens (primary N) is 1. The topological polar surface area (TPSA) is 184 Å². The van der Waals surface area contributed by atoms with Gasteiger partial charge in [0.15, 0.2) is 11.9 Å². The SMILES string of the molecule is C[C@@]1(O)[C@H](O)[C@@H](COP2(=O)OCC[C@H](c3cncc(Br)c3)O2)O[C@H]1n1ccc2c(=O)[nH]c(N)nc21. The maximum absolute atomic E-state index is 13.1. The Morgan fingerprint density at radius 2 is 2.26 bits per heavy atom. The van der Waals surface area contributed by atoms with Crippen LogP contribution in [-0.2, 0) is 22.9 Å². The molecule has 0 saturated carbocycles. The predicted molar refractivity (Wildman–Crippen MR) is 125 cm³/mol. The van der Waals surface area contributed by atoms with E-state index in [-0.39, 0.29) is 23.6 Å². The summed E-state index contributed by atoms with van der Waals surface area (Å²) in [6, 6.07) is 3.29. The minimum Gasteiger partial charge on any atom is -0.387 e. The Labute approximate surface area is 206 Å². The molecule has 6 atom stereocenters. The molecule has 3 aromatic heterocycles. The molecule has 5 rings (SSSR count). The van der Waals surface area contributed by atoms with Crippen LogP contribution >= 0.6 is 23.8 Å². The van der Waals surface area contributed by atoms with E-state index in [0.29, 0.717) is 12.0 Å². The largest absolute Gasteiger partial charge is 0.475 e. The Balaban J connectivity index is 1.33. The van der Waals surface area contributed by atoms with Crippen molar-refractivity contribution in [1.29, 1.82) is 0 Å². The van der Waals surface area contributed by atoms with Crippen LogP contribution in [-0.4, -0.2) is 60.8 Å². The number of hydrogen-bond acceptors (Lipinski definition) is 11. The second-order valence-electron chi connectivity index (χ2n) is 8.50. The number of nitrogens with zero attached hydrogens (tertiary/aromatic N) is 3. The van der Waals surface area contributed by atoms with E-state index in [1.165, 1.54) is 23.8 Å². The number of nitrogens with one attached hydrogen (secondary N) is 1. The van der Waals surface area contributed by atoms with Crippen LogP contribution in [0.5, 0.6) is 0 Å². The summed E-state index contributed by atoms with van der Waals surface area (Å²) in [5.74, 6) is -0.111. The first kappa shape index (κ1) is 24.5. The van der Waals surface area contributed by atoms with Crippen molar-refractivity contribution >= 4 is 40.7 Å². The van der Waals surface area contributed by atoms with Crippen LogP contribution in [0.1, 0.15) is 31.2 Å². The molecular weight excluding hydrogens is 549 g/mol. The molecule has 5 N–H and O–H groups in total. The molecule has 5 heterocycles. The highest BCUT2D eigenvalue weighted by Crippen LogP contribution is 2.57. The van der Waals surface area contributed by atoms with Crippen molar-refractivity contribution in [3.8, 4) is 0 Å². The number of H-pyrrole nitrogens is 1. The molecule has 2 saturated heterocycles. The lowest BCUT2D eigenvalue weighted by molar-refractivity contribution is -0.0950. The molecule has 1 unspecified atom stereocenters. The van der Waals surface area contributed by atoms with Gasteiger partial charge in [-0.25, -0.2) is 4.57 Å². The monoisotopic (exact) mass is 571 g/mol. The van der Waals surface area contributed by atoms with Gasteiger partial charge in [-0.15, -0.1) is 0 Å². The van der Waals surface area contributed by atoms with Gasteiger partial charge in [0, 0.05) is 35.0 Å². The minimum atomic E-state index is -4.00. The fourth-order valence-electron chi connectivity index (χ4n) is 4.20. The van der Waals surface area contributed by atoms with Gasteiger partial charge in [-0.1, -0.05) is 0 Å². The number of phosphoric ester groups is 1. The standard InChI is InChI=1S/C20H23BrN5O8P/c1-20(29)15(27)14(33-18(20)26-4-2-12-16(26)24-19(22)25-17(12)28)9-32-35(30)31-5-3-13(34-35)10-6-11(21)8-23-7-10/h2,4,6-8,13-15,18,27,29H,3,5,9H2,1H3,(H3,22,24,25,28)/t13-,14-,15-,18-,20-,35?/m1/s1. The summed E-state index contributed by atoms with van der Waals surface area (Å²) in [6.45, 7) is 1.10. The van der Waals surface area contributed by atoms with Crippen molar-refractivity contribution < 1.29 is 33.1 Å². The zero-order valence-electron chi connectivity index (χ0n) is 18.4. The van der Waals surface area contributed by atoms with Crippen LogP contribution in [0.4, 0.5) is 5.95 Å². The van der Waals surface area contributed by atoms with Gasteiger partial charge in [0.25, 0.3) is 5.56 Å². The number of aromatic nitrogens is 4. The number of ether oxygens (including phenoxy) is 1. The number of fused-ring (bicyclic) bond motifs is 1. The van der Waals surface area contributed by atoms with Crippen LogP contribution in [0, 0.1) is 0 Å². The number of aliphatic hydroxyl groups excluding tert-OH is 1. The maximum atomic E-state index is 13.1. The molecule has 35 heavy (non-hydrogen) atoms. The van der Waals surface area contributed by atoms with Crippen LogP contribution in [0.3, 0.4) is 0 Å². The van der Waals surface area contributed by atoms with E-state index in [1.807, 2.05) is 0 Å². The Morgan fingerprint density at radius 3 is 3.03 bits per heavy atom. The van der Waals surface area contributed by atoms with Crippen LogP contribution < -0.4 is 11.3 Å². The number of nitrogen functional groups attached to an aromatic ring is 1. The molecule has 0 bridgehead atoms. The van der Waals surface area contributed by atoms with Crippen molar-refractivity contribution in [3.05, 3.63) is 51.1 Å². The summed E-state index contributed by atoms with van der Waals surface area (Å²) in [4.78, 5) is 22.8. The zero-order valence-corrected chi connectivity index (χ0v) is 20.9. The second kappa shape index (κ2) is 9.05. The molecule has 3 aromatic rings. The first-order valence-corrected chi connectivity index (χ1v) is 12.9. The summed E-state index contributed by atoms with van der Waals surface area (Å²) >= 11 is 3.34. The van der Waals surface area contributed by atoms with E-state index in [2.05, 4.69) is 30.9 Å². The van der Waals surface area contributed by atoms with E-state index >= 15 is 0 Å². The third kappa shape index (κ3) is 4.56. The summed E-state index contributed by atoms with van der Waals surface area (Å²) in [6.07, 6.45) is 0.910. The molecule has 13 nitrogen and oxygen atoms in total. The number of phosphoric acid groups is 1. The summed E-state index contributed by atoms with van der Waals surface area (Å²) < 4.78 is 37.5. The molecule has 0 radical (unpaired) electrons. The number of rotatable bonds is 5. The van der Waals surface area contributed by atoms with E-state index in [9.17, 15) is 19.6 Å². The number of aliphatic hydroxyl groups is 2. The smallest absolute Gasteiger partial charge is 0.387 e. The van der Waals surface area contributed by atoms with Crippen LogP contribution in [0.15, 0.2) is 40.0 Å². The molecule has 188 valence electrons. The summed E-state index contributed by atoms with van der Waals surface area (Å²) in [7, 11) is -4.00. The molecule has 15 heteroatoms. The normalized spacial score (nSPS) is 33.4. The first-order valence-electron chi connectivity index (χ1n) is 10.7. The number of pyridine rings is 1. The fourth-order valence-corrected chi connectivity index (χ4v) is 5.98. The maximum Gasteiger partial charge on any atom is 0.475 e. The lowest BCUT2D eigenvalue weighted by atomic mass is 9.96. The third-order valence-electron chi connectivity index (χ3n) is 5.99. The van der Waals surface area contributed by atoms with E-state index in [1.54, 1.807) is 18.5 Å². The number of anilines is 1. The van der Waals surface area contributed by atoms with Crippen molar-refractivity contribution in [3.63, 3.8) is 0 Å². The highest BCUT2D eigenvalue weighted by Gasteiger charge is 2.54. The first-order chi connectivity index (χ1) is 16.6. The number of aromatic amines is 1.